The molecule has 1 unspecified atom stereocenters. The van der Waals surface area contributed by atoms with Crippen LogP contribution in [0, 0.1) is 0 Å². The minimum Gasteiger partial charge on any atom is -0.388 e. The standard InChI is InChI=1S/C9H16ClNO2/c1-9(13)4-2-3-5-11(7-9)8(12)6-10/h13H,2-7H2,1H3. The lowest BCUT2D eigenvalue weighted by Crippen LogP contribution is -2.42. The summed E-state index contributed by atoms with van der Waals surface area (Å²) in [5.74, 6) is -0.0698. The van der Waals surface area contributed by atoms with Gasteiger partial charge in [-0.05, 0) is 26.2 Å². The highest BCUT2D eigenvalue weighted by atomic mass is 35.5. The van der Waals surface area contributed by atoms with E-state index in [1.807, 2.05) is 0 Å². The largest absolute Gasteiger partial charge is 0.388 e. The second-order valence-electron chi connectivity index (χ2n) is 3.90. The van der Waals surface area contributed by atoms with Gasteiger partial charge in [-0.3, -0.25) is 4.79 Å². The topological polar surface area (TPSA) is 40.5 Å². The Morgan fingerprint density at radius 1 is 1.62 bits per heavy atom. The first-order chi connectivity index (χ1) is 6.05. The van der Waals surface area contributed by atoms with E-state index in [2.05, 4.69) is 0 Å². The van der Waals surface area contributed by atoms with Crippen molar-refractivity contribution in [3.05, 3.63) is 0 Å². The normalized spacial score (nSPS) is 29.9. The molecular formula is C9H16ClNO2. The first-order valence-corrected chi connectivity index (χ1v) is 5.15. The van der Waals surface area contributed by atoms with Crippen molar-refractivity contribution in [2.75, 3.05) is 19.0 Å². The van der Waals surface area contributed by atoms with Crippen LogP contribution in [0.4, 0.5) is 0 Å². The molecule has 0 aromatic heterocycles. The van der Waals surface area contributed by atoms with Gasteiger partial charge in [0.15, 0.2) is 0 Å². The van der Waals surface area contributed by atoms with E-state index in [1.165, 1.54) is 0 Å². The summed E-state index contributed by atoms with van der Waals surface area (Å²) < 4.78 is 0. The number of likely N-dealkylation sites (tertiary alicyclic amines) is 1. The number of carbonyl (C=O) groups is 1. The number of aliphatic hydroxyl groups is 1. The molecule has 1 heterocycles. The second-order valence-corrected chi connectivity index (χ2v) is 4.17. The van der Waals surface area contributed by atoms with Crippen molar-refractivity contribution in [3.63, 3.8) is 0 Å². The van der Waals surface area contributed by atoms with Crippen molar-refractivity contribution >= 4 is 17.5 Å². The molecule has 0 aliphatic carbocycles. The zero-order valence-electron chi connectivity index (χ0n) is 7.92. The molecule has 13 heavy (non-hydrogen) atoms. The predicted octanol–water partition coefficient (Wildman–Crippen LogP) is 0.989. The maximum atomic E-state index is 11.3. The maximum Gasteiger partial charge on any atom is 0.237 e. The maximum absolute atomic E-state index is 11.3. The van der Waals surface area contributed by atoms with Gasteiger partial charge in [0.25, 0.3) is 0 Å². The fourth-order valence-electron chi connectivity index (χ4n) is 1.68. The molecule has 1 saturated heterocycles. The SMILES string of the molecule is CC1(O)CCCCN(C(=O)CCl)C1. The molecule has 1 fully saturated rings. The second kappa shape index (κ2) is 4.29. The van der Waals surface area contributed by atoms with Crippen LogP contribution < -0.4 is 0 Å². The van der Waals surface area contributed by atoms with E-state index in [-0.39, 0.29) is 11.8 Å². The average Bonchev–Trinajstić information content (AvgIpc) is 2.25. The van der Waals surface area contributed by atoms with E-state index < -0.39 is 5.60 Å². The third kappa shape index (κ3) is 3.16. The van der Waals surface area contributed by atoms with Crippen LogP contribution in [-0.2, 0) is 4.79 Å². The third-order valence-electron chi connectivity index (χ3n) is 2.39. The van der Waals surface area contributed by atoms with E-state index >= 15 is 0 Å². The van der Waals surface area contributed by atoms with Gasteiger partial charge in [-0.2, -0.15) is 0 Å². The molecule has 3 nitrogen and oxygen atoms in total. The Kier molecular flexibility index (Phi) is 3.56. The molecule has 1 amide bonds. The molecule has 0 spiro atoms. The van der Waals surface area contributed by atoms with Gasteiger partial charge in [0.05, 0.1) is 5.60 Å². The summed E-state index contributed by atoms with van der Waals surface area (Å²) in [4.78, 5) is 12.9. The summed E-state index contributed by atoms with van der Waals surface area (Å²) in [5, 5.41) is 9.83. The highest BCUT2D eigenvalue weighted by molar-refractivity contribution is 6.27. The molecular weight excluding hydrogens is 190 g/mol. The van der Waals surface area contributed by atoms with Crippen LogP contribution in [0.25, 0.3) is 0 Å². The summed E-state index contributed by atoms with van der Waals surface area (Å²) in [6.45, 7) is 2.91. The van der Waals surface area contributed by atoms with Crippen LogP contribution in [-0.4, -0.2) is 40.5 Å². The molecule has 4 heteroatoms. The van der Waals surface area contributed by atoms with Crippen LogP contribution in [0.1, 0.15) is 26.2 Å². The molecule has 0 aromatic rings. The van der Waals surface area contributed by atoms with Crippen molar-refractivity contribution in [2.24, 2.45) is 0 Å². The highest BCUT2D eigenvalue weighted by Gasteiger charge is 2.28. The lowest BCUT2D eigenvalue weighted by Gasteiger charge is -2.27. The van der Waals surface area contributed by atoms with Gasteiger partial charge >= 0.3 is 0 Å². The Morgan fingerprint density at radius 3 is 2.92 bits per heavy atom. The van der Waals surface area contributed by atoms with Gasteiger partial charge < -0.3 is 10.0 Å². The molecule has 1 rings (SSSR count). The molecule has 76 valence electrons. The molecule has 0 radical (unpaired) electrons. The first-order valence-electron chi connectivity index (χ1n) is 4.61. The third-order valence-corrected chi connectivity index (χ3v) is 2.62. The van der Waals surface area contributed by atoms with Gasteiger partial charge in [0.1, 0.15) is 5.88 Å². The molecule has 1 N–H and O–H groups in total. The molecule has 1 aliphatic rings. The van der Waals surface area contributed by atoms with Crippen molar-refractivity contribution in [3.8, 4) is 0 Å². The summed E-state index contributed by atoms with van der Waals surface area (Å²) >= 11 is 5.46. The monoisotopic (exact) mass is 205 g/mol. The van der Waals surface area contributed by atoms with Gasteiger partial charge in [-0.15, -0.1) is 11.6 Å². The predicted molar refractivity (Wildman–Crippen MR) is 51.8 cm³/mol. The highest BCUT2D eigenvalue weighted by Crippen LogP contribution is 2.20. The average molecular weight is 206 g/mol. The van der Waals surface area contributed by atoms with Crippen molar-refractivity contribution in [1.29, 1.82) is 0 Å². The number of hydrogen-bond acceptors (Lipinski definition) is 2. The lowest BCUT2D eigenvalue weighted by molar-refractivity contribution is -0.131. The van der Waals surface area contributed by atoms with Gasteiger partial charge in [-0.1, -0.05) is 0 Å². The Hall–Kier alpha value is -0.280. The van der Waals surface area contributed by atoms with E-state index in [0.717, 1.165) is 25.8 Å². The van der Waals surface area contributed by atoms with E-state index in [1.54, 1.807) is 11.8 Å². The van der Waals surface area contributed by atoms with E-state index in [9.17, 15) is 9.90 Å². The number of halogens is 1. The van der Waals surface area contributed by atoms with Crippen LogP contribution in [0.5, 0.6) is 0 Å². The minimum atomic E-state index is -0.738. The summed E-state index contributed by atoms with van der Waals surface area (Å²) in [6.07, 6.45) is 2.69. The molecule has 1 aliphatic heterocycles. The van der Waals surface area contributed by atoms with Crippen molar-refractivity contribution in [2.45, 2.75) is 31.8 Å². The number of amides is 1. The molecule has 0 aromatic carbocycles. The lowest BCUT2D eigenvalue weighted by atomic mass is 10.0. The van der Waals surface area contributed by atoms with Crippen molar-refractivity contribution in [1.82, 2.24) is 4.90 Å². The number of hydrogen-bond donors (Lipinski definition) is 1. The quantitative estimate of drug-likeness (QED) is 0.649. The Labute approximate surface area is 83.7 Å². The number of carbonyl (C=O) groups excluding carboxylic acids is 1. The summed E-state index contributed by atoms with van der Waals surface area (Å²) in [6, 6.07) is 0. The van der Waals surface area contributed by atoms with Crippen LogP contribution in [0.15, 0.2) is 0 Å². The van der Waals surface area contributed by atoms with Crippen molar-refractivity contribution < 1.29 is 9.90 Å². The van der Waals surface area contributed by atoms with E-state index in [0.29, 0.717) is 6.54 Å². The van der Waals surface area contributed by atoms with Gasteiger partial charge in [0.2, 0.25) is 5.91 Å². The number of alkyl halides is 1. The fourth-order valence-corrected chi connectivity index (χ4v) is 1.84. The summed E-state index contributed by atoms with van der Waals surface area (Å²) in [5.41, 5.74) is -0.738. The zero-order valence-corrected chi connectivity index (χ0v) is 8.68. The minimum absolute atomic E-state index is 0.0100. The fraction of sp³-hybridized carbons (Fsp3) is 0.889. The Morgan fingerprint density at radius 2 is 2.31 bits per heavy atom. The number of β-amino-alcohol motifs (C(OH)–C–C–N with tert-alkyl or cyclic N) is 1. The first kappa shape index (κ1) is 10.8. The molecule has 1 atom stereocenters. The number of nitrogens with zero attached hydrogens (tertiary/aromatic N) is 1. The zero-order chi connectivity index (χ0) is 9.90. The van der Waals surface area contributed by atoms with Crippen LogP contribution in [0.3, 0.4) is 0 Å². The van der Waals surface area contributed by atoms with Gasteiger partial charge in [-0.25, -0.2) is 0 Å². The smallest absolute Gasteiger partial charge is 0.237 e. The van der Waals surface area contributed by atoms with Gasteiger partial charge in [0, 0.05) is 13.1 Å². The Bertz CT molecular complexity index is 194. The van der Waals surface area contributed by atoms with Crippen LogP contribution in [0.2, 0.25) is 0 Å². The molecule has 0 bridgehead atoms. The van der Waals surface area contributed by atoms with E-state index in [4.69, 9.17) is 11.6 Å². The van der Waals surface area contributed by atoms with Crippen LogP contribution >= 0.6 is 11.6 Å². The molecule has 0 saturated carbocycles. The number of rotatable bonds is 1. The Balaban J connectivity index is 2.59. The summed E-state index contributed by atoms with van der Waals surface area (Å²) in [7, 11) is 0.